The molecule has 1 aromatic carbocycles. The molecule has 1 aromatic rings. The van der Waals surface area contributed by atoms with Gasteiger partial charge in [0.05, 0.1) is 6.10 Å². The fourth-order valence-electron chi connectivity index (χ4n) is 2.04. The Labute approximate surface area is 77.2 Å². The average Bonchev–Trinajstić information content (AvgIpc) is 2.53. The first-order valence-electron chi connectivity index (χ1n) is 4.71. The summed E-state index contributed by atoms with van der Waals surface area (Å²) in [6.45, 7) is 0. The fourth-order valence-corrected chi connectivity index (χ4v) is 2.04. The lowest BCUT2D eigenvalue weighted by Crippen LogP contribution is -2.10. The highest BCUT2D eigenvalue weighted by atomic mass is 19.1. The Morgan fingerprint density at radius 3 is 2.38 bits per heavy atom. The summed E-state index contributed by atoms with van der Waals surface area (Å²) < 4.78 is 12.6. The van der Waals surface area contributed by atoms with Gasteiger partial charge < -0.3 is 5.11 Å². The van der Waals surface area contributed by atoms with Crippen LogP contribution in [0.3, 0.4) is 0 Å². The van der Waals surface area contributed by atoms with Crippen LogP contribution >= 0.6 is 0 Å². The van der Waals surface area contributed by atoms with E-state index in [9.17, 15) is 9.50 Å². The van der Waals surface area contributed by atoms with Gasteiger partial charge in [0.2, 0.25) is 0 Å². The molecular weight excluding hydrogens is 167 g/mol. The Hall–Kier alpha value is -0.890. The number of hydrogen-bond donors (Lipinski definition) is 1. The van der Waals surface area contributed by atoms with Crippen LogP contribution < -0.4 is 0 Å². The predicted molar refractivity (Wildman–Crippen MR) is 49.0 cm³/mol. The molecule has 2 atom stereocenters. The van der Waals surface area contributed by atoms with Gasteiger partial charge in [0.15, 0.2) is 0 Å². The highest BCUT2D eigenvalue weighted by Crippen LogP contribution is 2.34. The van der Waals surface area contributed by atoms with Crippen molar-refractivity contribution in [2.75, 3.05) is 0 Å². The minimum Gasteiger partial charge on any atom is -0.392 e. The summed E-state index contributed by atoms with van der Waals surface area (Å²) in [6, 6.07) is 6.46. The van der Waals surface area contributed by atoms with E-state index < -0.39 is 0 Å². The molecule has 1 aliphatic carbocycles. The van der Waals surface area contributed by atoms with Crippen molar-refractivity contribution < 1.29 is 9.50 Å². The van der Waals surface area contributed by atoms with Crippen LogP contribution in [-0.4, -0.2) is 11.2 Å². The molecule has 2 heteroatoms. The molecule has 0 aromatic heterocycles. The number of benzene rings is 1. The average molecular weight is 180 g/mol. The van der Waals surface area contributed by atoms with Crippen molar-refractivity contribution in [1.82, 2.24) is 0 Å². The topological polar surface area (TPSA) is 20.2 Å². The lowest BCUT2D eigenvalue weighted by molar-refractivity contribution is 0.164. The normalized spacial score (nSPS) is 27.8. The van der Waals surface area contributed by atoms with Crippen LogP contribution in [0.4, 0.5) is 4.39 Å². The van der Waals surface area contributed by atoms with E-state index in [4.69, 9.17) is 0 Å². The molecule has 0 heterocycles. The third-order valence-corrected chi connectivity index (χ3v) is 2.78. The maximum absolute atomic E-state index is 12.6. The maximum atomic E-state index is 12.6. The van der Waals surface area contributed by atoms with E-state index >= 15 is 0 Å². The van der Waals surface area contributed by atoms with Gasteiger partial charge in [0.1, 0.15) is 5.82 Å². The van der Waals surface area contributed by atoms with E-state index in [1.54, 1.807) is 12.1 Å². The molecule has 0 spiro atoms. The standard InChI is InChI=1S/C11H13FO/c12-9-6-4-8(5-7-9)10-2-1-3-11(10)13/h4-7,10-11,13H,1-3H2/t10-,11-/m1/s1. The molecule has 2 rings (SSSR count). The predicted octanol–water partition coefficient (Wildman–Crippen LogP) is 2.45. The van der Waals surface area contributed by atoms with Gasteiger partial charge in [-0.05, 0) is 30.5 Å². The summed E-state index contributed by atoms with van der Waals surface area (Å²) in [5.74, 6) is 0.0110. The van der Waals surface area contributed by atoms with Crippen molar-refractivity contribution in [3.8, 4) is 0 Å². The Kier molecular flexibility index (Phi) is 2.32. The molecule has 0 radical (unpaired) electrons. The van der Waals surface area contributed by atoms with Crippen LogP contribution in [0.5, 0.6) is 0 Å². The smallest absolute Gasteiger partial charge is 0.123 e. The molecule has 1 saturated carbocycles. The third kappa shape index (κ3) is 1.73. The Bertz CT molecular complexity index is 281. The molecule has 70 valence electrons. The number of rotatable bonds is 1. The van der Waals surface area contributed by atoms with Crippen molar-refractivity contribution in [1.29, 1.82) is 0 Å². The highest BCUT2D eigenvalue weighted by Gasteiger charge is 2.26. The third-order valence-electron chi connectivity index (χ3n) is 2.78. The summed E-state index contributed by atoms with van der Waals surface area (Å²) in [5, 5.41) is 9.62. The van der Waals surface area contributed by atoms with E-state index in [1.165, 1.54) is 12.1 Å². The van der Waals surface area contributed by atoms with E-state index in [1.807, 2.05) is 0 Å². The van der Waals surface area contributed by atoms with Gasteiger partial charge in [0, 0.05) is 5.92 Å². The monoisotopic (exact) mass is 180 g/mol. The highest BCUT2D eigenvalue weighted by molar-refractivity contribution is 5.22. The van der Waals surface area contributed by atoms with E-state index in [0.29, 0.717) is 0 Å². The molecule has 1 nitrogen and oxygen atoms in total. The number of hydrogen-bond acceptors (Lipinski definition) is 1. The van der Waals surface area contributed by atoms with Crippen LogP contribution in [0.25, 0.3) is 0 Å². The Morgan fingerprint density at radius 2 is 1.85 bits per heavy atom. The second-order valence-electron chi connectivity index (χ2n) is 3.66. The molecule has 1 N–H and O–H groups in total. The van der Waals surface area contributed by atoms with Crippen LogP contribution in [0.15, 0.2) is 24.3 Å². The van der Waals surface area contributed by atoms with Gasteiger partial charge in [0.25, 0.3) is 0 Å². The van der Waals surface area contributed by atoms with Gasteiger partial charge in [-0.2, -0.15) is 0 Å². The lowest BCUT2D eigenvalue weighted by Gasteiger charge is -2.14. The van der Waals surface area contributed by atoms with Crippen molar-refractivity contribution in [2.24, 2.45) is 0 Å². The molecule has 1 aliphatic rings. The summed E-state index contributed by atoms with van der Waals surface area (Å²) in [7, 11) is 0. The van der Waals surface area contributed by atoms with Crippen LogP contribution in [0.2, 0.25) is 0 Å². The second-order valence-corrected chi connectivity index (χ2v) is 3.66. The van der Waals surface area contributed by atoms with E-state index in [0.717, 1.165) is 24.8 Å². The van der Waals surface area contributed by atoms with Crippen LogP contribution in [0.1, 0.15) is 30.7 Å². The van der Waals surface area contributed by atoms with E-state index in [2.05, 4.69) is 0 Å². The molecule has 1 fully saturated rings. The number of halogens is 1. The SMILES string of the molecule is O[C@@H]1CCC[C@@H]1c1ccc(F)cc1. The van der Waals surface area contributed by atoms with E-state index in [-0.39, 0.29) is 17.8 Å². The summed E-state index contributed by atoms with van der Waals surface area (Å²) in [6.07, 6.45) is 2.74. The Morgan fingerprint density at radius 1 is 1.15 bits per heavy atom. The number of aliphatic hydroxyl groups is 1. The van der Waals surface area contributed by atoms with Gasteiger partial charge in [-0.1, -0.05) is 18.6 Å². The van der Waals surface area contributed by atoms with Gasteiger partial charge in [-0.3, -0.25) is 0 Å². The van der Waals surface area contributed by atoms with Crippen molar-refractivity contribution in [3.63, 3.8) is 0 Å². The summed E-state index contributed by atoms with van der Waals surface area (Å²) in [4.78, 5) is 0. The lowest BCUT2D eigenvalue weighted by atomic mass is 9.96. The van der Waals surface area contributed by atoms with Gasteiger partial charge >= 0.3 is 0 Å². The molecule has 0 saturated heterocycles. The van der Waals surface area contributed by atoms with Crippen LogP contribution in [-0.2, 0) is 0 Å². The zero-order chi connectivity index (χ0) is 9.26. The summed E-state index contributed by atoms with van der Waals surface area (Å²) in [5.41, 5.74) is 1.06. The van der Waals surface area contributed by atoms with Crippen molar-refractivity contribution in [3.05, 3.63) is 35.6 Å². The first-order valence-corrected chi connectivity index (χ1v) is 4.71. The Balaban J connectivity index is 2.20. The summed E-state index contributed by atoms with van der Waals surface area (Å²) >= 11 is 0. The molecule has 0 amide bonds. The largest absolute Gasteiger partial charge is 0.392 e. The van der Waals surface area contributed by atoms with Gasteiger partial charge in [-0.15, -0.1) is 0 Å². The fraction of sp³-hybridized carbons (Fsp3) is 0.455. The minimum atomic E-state index is -0.231. The first kappa shape index (κ1) is 8.70. The van der Waals surface area contributed by atoms with Gasteiger partial charge in [-0.25, -0.2) is 4.39 Å². The molecular formula is C11H13FO. The zero-order valence-electron chi connectivity index (χ0n) is 7.41. The zero-order valence-corrected chi connectivity index (χ0v) is 7.41. The quantitative estimate of drug-likeness (QED) is 0.703. The van der Waals surface area contributed by atoms with Crippen molar-refractivity contribution in [2.45, 2.75) is 31.3 Å². The molecule has 13 heavy (non-hydrogen) atoms. The molecule has 0 unspecified atom stereocenters. The van der Waals surface area contributed by atoms with Crippen molar-refractivity contribution >= 4 is 0 Å². The minimum absolute atomic E-state index is 0.212. The molecule has 0 aliphatic heterocycles. The molecule has 0 bridgehead atoms. The van der Waals surface area contributed by atoms with Crippen LogP contribution in [0, 0.1) is 5.82 Å². The maximum Gasteiger partial charge on any atom is 0.123 e. The number of aliphatic hydroxyl groups excluding tert-OH is 1. The first-order chi connectivity index (χ1) is 6.27. The second kappa shape index (κ2) is 3.46.